The highest BCUT2D eigenvalue weighted by atomic mass is 19.1. The van der Waals surface area contributed by atoms with Crippen LogP contribution in [-0.4, -0.2) is 6.29 Å². The minimum absolute atomic E-state index is 0.0204. The molecular formula is C11H12F2O. The van der Waals surface area contributed by atoms with Crippen molar-refractivity contribution in [2.24, 2.45) is 0 Å². The number of aldehydes is 1. The Balaban J connectivity index is 3.05. The van der Waals surface area contributed by atoms with Gasteiger partial charge >= 0.3 is 0 Å². The van der Waals surface area contributed by atoms with Gasteiger partial charge in [-0.2, -0.15) is 0 Å². The molecule has 0 aromatic heterocycles. The lowest BCUT2D eigenvalue weighted by Gasteiger charge is -2.09. The molecule has 3 heteroatoms. The maximum atomic E-state index is 13.1. The van der Waals surface area contributed by atoms with E-state index in [0.29, 0.717) is 5.56 Å². The van der Waals surface area contributed by atoms with E-state index in [0.717, 1.165) is 6.29 Å². The van der Waals surface area contributed by atoms with Gasteiger partial charge in [-0.15, -0.1) is 0 Å². The van der Waals surface area contributed by atoms with Crippen molar-refractivity contribution in [3.05, 3.63) is 34.9 Å². The largest absolute Gasteiger partial charge is 0.303 e. The Hall–Kier alpha value is -1.25. The number of carbonyl (C=O) groups is 1. The third-order valence-electron chi connectivity index (χ3n) is 2.32. The first kappa shape index (κ1) is 10.8. The molecule has 0 fully saturated rings. The molecule has 0 spiro atoms. The van der Waals surface area contributed by atoms with Crippen molar-refractivity contribution >= 4 is 6.29 Å². The molecular weight excluding hydrogens is 186 g/mol. The average molecular weight is 198 g/mol. The molecule has 76 valence electrons. The van der Waals surface area contributed by atoms with E-state index in [1.54, 1.807) is 6.92 Å². The van der Waals surface area contributed by atoms with Gasteiger partial charge < -0.3 is 4.79 Å². The molecule has 0 N–H and O–H groups in total. The van der Waals surface area contributed by atoms with Crippen LogP contribution in [-0.2, 0) is 4.79 Å². The summed E-state index contributed by atoms with van der Waals surface area (Å²) in [5, 5.41) is 0. The van der Waals surface area contributed by atoms with Crippen LogP contribution in [0.5, 0.6) is 0 Å². The summed E-state index contributed by atoms with van der Waals surface area (Å²) >= 11 is 0. The van der Waals surface area contributed by atoms with Crippen LogP contribution in [0.2, 0.25) is 0 Å². The van der Waals surface area contributed by atoms with Crippen molar-refractivity contribution in [1.82, 2.24) is 0 Å². The number of hydrogen-bond donors (Lipinski definition) is 0. The van der Waals surface area contributed by atoms with Crippen molar-refractivity contribution in [1.29, 1.82) is 0 Å². The van der Waals surface area contributed by atoms with E-state index >= 15 is 0 Å². The van der Waals surface area contributed by atoms with Gasteiger partial charge in [-0.1, -0.05) is 6.92 Å². The van der Waals surface area contributed by atoms with Gasteiger partial charge in [-0.25, -0.2) is 8.78 Å². The molecule has 0 aliphatic heterocycles. The monoisotopic (exact) mass is 198 g/mol. The van der Waals surface area contributed by atoms with Crippen molar-refractivity contribution in [2.45, 2.75) is 26.2 Å². The number of benzene rings is 1. The predicted molar refractivity (Wildman–Crippen MR) is 50.2 cm³/mol. The van der Waals surface area contributed by atoms with Gasteiger partial charge in [0.05, 0.1) is 0 Å². The van der Waals surface area contributed by atoms with E-state index in [1.807, 2.05) is 0 Å². The van der Waals surface area contributed by atoms with E-state index in [1.165, 1.54) is 19.1 Å². The second kappa shape index (κ2) is 4.31. The summed E-state index contributed by atoms with van der Waals surface area (Å²) in [5.74, 6) is -1.26. The zero-order valence-corrected chi connectivity index (χ0v) is 8.18. The molecule has 0 heterocycles. The van der Waals surface area contributed by atoms with Gasteiger partial charge in [0.25, 0.3) is 0 Å². The maximum absolute atomic E-state index is 13.1. The topological polar surface area (TPSA) is 17.1 Å². The molecule has 14 heavy (non-hydrogen) atoms. The van der Waals surface area contributed by atoms with Gasteiger partial charge in [0, 0.05) is 12.0 Å². The zero-order chi connectivity index (χ0) is 10.7. The first-order valence-electron chi connectivity index (χ1n) is 4.45. The maximum Gasteiger partial charge on any atom is 0.129 e. The molecule has 1 unspecified atom stereocenters. The Morgan fingerprint density at radius 1 is 1.36 bits per heavy atom. The molecule has 0 bridgehead atoms. The molecule has 1 atom stereocenters. The molecule has 1 nitrogen and oxygen atoms in total. The van der Waals surface area contributed by atoms with Crippen LogP contribution in [0.4, 0.5) is 8.78 Å². The Bertz CT molecular complexity index is 324. The molecule has 1 aromatic rings. The average Bonchev–Trinajstić information content (AvgIpc) is 2.13. The lowest BCUT2D eigenvalue weighted by Crippen LogP contribution is -1.98. The standard InChI is InChI=1S/C11H12F2O/c1-7(3-4-14)9-5-10(12)8(2)11(13)6-9/h4-7H,3H2,1-2H3. The summed E-state index contributed by atoms with van der Waals surface area (Å²) in [5.41, 5.74) is 0.546. The van der Waals surface area contributed by atoms with Gasteiger partial charge in [0.15, 0.2) is 0 Å². The predicted octanol–water partition coefficient (Wildman–Crippen LogP) is 2.97. The third kappa shape index (κ3) is 2.16. The van der Waals surface area contributed by atoms with E-state index in [2.05, 4.69) is 0 Å². The number of rotatable bonds is 3. The Morgan fingerprint density at radius 2 is 1.86 bits per heavy atom. The van der Waals surface area contributed by atoms with E-state index in [4.69, 9.17) is 0 Å². The fourth-order valence-electron chi connectivity index (χ4n) is 1.23. The summed E-state index contributed by atoms with van der Waals surface area (Å²) in [6.45, 7) is 3.15. The summed E-state index contributed by atoms with van der Waals surface area (Å²) in [4.78, 5) is 10.2. The first-order valence-corrected chi connectivity index (χ1v) is 4.45. The van der Waals surface area contributed by atoms with Crippen molar-refractivity contribution in [2.75, 3.05) is 0 Å². The van der Waals surface area contributed by atoms with Crippen LogP contribution >= 0.6 is 0 Å². The van der Waals surface area contributed by atoms with E-state index < -0.39 is 11.6 Å². The Labute approximate surface area is 81.7 Å². The summed E-state index contributed by atoms with van der Waals surface area (Å²) in [7, 11) is 0. The molecule has 0 radical (unpaired) electrons. The lowest BCUT2D eigenvalue weighted by molar-refractivity contribution is -0.108. The van der Waals surface area contributed by atoms with E-state index in [-0.39, 0.29) is 17.9 Å². The molecule has 0 saturated heterocycles. The smallest absolute Gasteiger partial charge is 0.129 e. The highest BCUT2D eigenvalue weighted by Gasteiger charge is 2.11. The van der Waals surface area contributed by atoms with Crippen LogP contribution in [0, 0.1) is 18.6 Å². The quantitative estimate of drug-likeness (QED) is 0.682. The minimum Gasteiger partial charge on any atom is -0.303 e. The summed E-state index contributed by atoms with van der Waals surface area (Å²) < 4.78 is 26.2. The number of halogens is 2. The van der Waals surface area contributed by atoms with Crippen molar-refractivity contribution in [3.63, 3.8) is 0 Å². The molecule has 0 aliphatic carbocycles. The molecule has 0 amide bonds. The fraction of sp³-hybridized carbons (Fsp3) is 0.364. The minimum atomic E-state index is -0.558. The van der Waals surface area contributed by atoms with Gasteiger partial charge in [-0.05, 0) is 30.5 Å². The Kier molecular flexibility index (Phi) is 3.33. The van der Waals surface area contributed by atoms with Crippen LogP contribution in [0.3, 0.4) is 0 Å². The molecule has 1 rings (SSSR count). The van der Waals surface area contributed by atoms with Gasteiger partial charge in [-0.3, -0.25) is 0 Å². The molecule has 0 saturated carbocycles. The van der Waals surface area contributed by atoms with Gasteiger partial charge in [0.1, 0.15) is 17.9 Å². The second-order valence-corrected chi connectivity index (χ2v) is 3.41. The molecule has 0 aliphatic rings. The normalized spacial score (nSPS) is 12.6. The first-order chi connectivity index (χ1) is 6.56. The SMILES string of the molecule is Cc1c(F)cc(C(C)CC=O)cc1F. The number of hydrogen-bond acceptors (Lipinski definition) is 1. The second-order valence-electron chi connectivity index (χ2n) is 3.41. The lowest BCUT2D eigenvalue weighted by atomic mass is 9.97. The van der Waals surface area contributed by atoms with Crippen molar-refractivity contribution < 1.29 is 13.6 Å². The highest BCUT2D eigenvalue weighted by Crippen LogP contribution is 2.22. The summed E-state index contributed by atoms with van der Waals surface area (Å²) in [6.07, 6.45) is 1.03. The van der Waals surface area contributed by atoms with Crippen LogP contribution in [0.1, 0.15) is 30.4 Å². The fourth-order valence-corrected chi connectivity index (χ4v) is 1.23. The van der Waals surface area contributed by atoms with Crippen molar-refractivity contribution in [3.8, 4) is 0 Å². The summed E-state index contributed by atoms with van der Waals surface area (Å²) in [6, 6.07) is 2.57. The molecule has 1 aromatic carbocycles. The van der Waals surface area contributed by atoms with Crippen LogP contribution in [0.25, 0.3) is 0 Å². The third-order valence-corrected chi connectivity index (χ3v) is 2.32. The van der Waals surface area contributed by atoms with Crippen LogP contribution < -0.4 is 0 Å². The van der Waals surface area contributed by atoms with Crippen LogP contribution in [0.15, 0.2) is 12.1 Å². The Morgan fingerprint density at radius 3 is 2.29 bits per heavy atom. The number of carbonyl (C=O) groups excluding carboxylic acids is 1. The zero-order valence-electron chi connectivity index (χ0n) is 8.18. The van der Waals surface area contributed by atoms with Gasteiger partial charge in [0.2, 0.25) is 0 Å². The highest BCUT2D eigenvalue weighted by molar-refractivity contribution is 5.51. The van der Waals surface area contributed by atoms with E-state index in [9.17, 15) is 13.6 Å².